The molecule has 3 rings (SSSR count). The van der Waals surface area contributed by atoms with E-state index in [2.05, 4.69) is 0 Å². The van der Waals surface area contributed by atoms with Crippen LogP contribution in [-0.2, 0) is 17.4 Å². The third kappa shape index (κ3) is 2.97. The topological polar surface area (TPSA) is 46.3 Å². The normalized spacial score (nSPS) is 28.0. The number of nitrogens with zero attached hydrogens (tertiary/aromatic N) is 1. The molecule has 1 saturated carbocycles. The van der Waals surface area contributed by atoms with E-state index in [4.69, 9.17) is 5.73 Å². The molecule has 2 aliphatic rings. The Hall–Kier alpha value is -1.56. The fourth-order valence-electron chi connectivity index (χ4n) is 3.61. The summed E-state index contributed by atoms with van der Waals surface area (Å²) in [4.78, 5) is 14.1. The summed E-state index contributed by atoms with van der Waals surface area (Å²) in [6.45, 7) is 1.42. The lowest BCUT2D eigenvalue weighted by Crippen LogP contribution is -2.34. The fourth-order valence-corrected chi connectivity index (χ4v) is 3.61. The molecule has 1 aliphatic heterocycles. The minimum atomic E-state index is -4.34. The van der Waals surface area contributed by atoms with E-state index < -0.39 is 11.7 Å². The van der Waals surface area contributed by atoms with Crippen molar-refractivity contribution in [3.63, 3.8) is 0 Å². The maximum Gasteiger partial charge on any atom is 0.416 e. The highest BCUT2D eigenvalue weighted by atomic mass is 19.4. The van der Waals surface area contributed by atoms with E-state index in [1.165, 1.54) is 12.1 Å². The van der Waals surface area contributed by atoms with Gasteiger partial charge in [0.1, 0.15) is 0 Å². The maximum absolute atomic E-state index is 12.5. The largest absolute Gasteiger partial charge is 0.416 e. The Morgan fingerprint density at radius 3 is 2.45 bits per heavy atom. The van der Waals surface area contributed by atoms with Gasteiger partial charge in [-0.2, -0.15) is 13.2 Å². The number of rotatable bonds is 2. The summed E-state index contributed by atoms with van der Waals surface area (Å²) in [6.07, 6.45) is -2.11. The second-order valence-electron chi connectivity index (χ2n) is 6.34. The molecule has 6 heteroatoms. The van der Waals surface area contributed by atoms with Crippen LogP contribution < -0.4 is 5.73 Å². The van der Waals surface area contributed by atoms with E-state index in [-0.39, 0.29) is 18.4 Å². The lowest BCUT2D eigenvalue weighted by Gasteiger charge is -2.19. The van der Waals surface area contributed by atoms with Crippen molar-refractivity contribution in [3.05, 3.63) is 35.4 Å². The van der Waals surface area contributed by atoms with E-state index in [1.807, 2.05) is 4.90 Å². The van der Waals surface area contributed by atoms with Gasteiger partial charge in [-0.3, -0.25) is 4.79 Å². The third-order valence-electron chi connectivity index (χ3n) is 4.90. The smallest absolute Gasteiger partial charge is 0.342 e. The van der Waals surface area contributed by atoms with Gasteiger partial charge in [0.05, 0.1) is 12.0 Å². The number of likely N-dealkylation sites (tertiary alicyclic amines) is 1. The number of benzene rings is 1. The lowest BCUT2D eigenvalue weighted by molar-refractivity contribution is -0.137. The van der Waals surface area contributed by atoms with Crippen molar-refractivity contribution in [2.75, 3.05) is 13.1 Å². The number of hydrogen-bond donors (Lipinski definition) is 1. The van der Waals surface area contributed by atoms with Crippen molar-refractivity contribution in [3.8, 4) is 0 Å². The molecule has 3 atom stereocenters. The van der Waals surface area contributed by atoms with E-state index in [0.717, 1.165) is 31.5 Å². The minimum absolute atomic E-state index is 0.0265. The summed E-state index contributed by atoms with van der Waals surface area (Å²) in [5.41, 5.74) is 5.97. The average molecular weight is 312 g/mol. The highest BCUT2D eigenvalue weighted by Gasteiger charge is 2.42. The maximum atomic E-state index is 12.5. The Balaban J connectivity index is 1.61. The summed E-state index contributed by atoms with van der Waals surface area (Å²) in [5, 5.41) is 0. The van der Waals surface area contributed by atoms with Crippen LogP contribution in [0.5, 0.6) is 0 Å². The van der Waals surface area contributed by atoms with Crippen LogP contribution in [0.4, 0.5) is 13.2 Å². The summed E-state index contributed by atoms with van der Waals surface area (Å²) >= 11 is 0. The predicted octanol–water partition coefficient (Wildman–Crippen LogP) is 2.44. The number of fused-ring (bicyclic) bond motifs is 1. The standard InChI is InChI=1S/C16H19F3N2O/c17-16(18,19)12-4-1-10(2-5-12)7-15(22)21-8-11-3-6-14(20)13(11)9-21/h1-2,4-5,11,13-14H,3,6-9,20H2. The van der Waals surface area contributed by atoms with Crippen LogP contribution in [0.3, 0.4) is 0 Å². The summed E-state index contributed by atoms with van der Waals surface area (Å²) in [7, 11) is 0. The SMILES string of the molecule is NC1CCC2CN(C(=O)Cc3ccc(C(F)(F)F)cc3)CC12. The van der Waals surface area contributed by atoms with E-state index >= 15 is 0 Å². The molecular weight excluding hydrogens is 293 g/mol. The molecule has 1 amide bonds. The van der Waals surface area contributed by atoms with E-state index in [1.54, 1.807) is 0 Å². The Kier molecular flexibility index (Phi) is 3.89. The molecule has 1 heterocycles. The van der Waals surface area contributed by atoms with Crippen LogP contribution in [0.15, 0.2) is 24.3 Å². The predicted molar refractivity (Wildman–Crippen MR) is 75.9 cm³/mol. The first-order chi connectivity index (χ1) is 10.3. The fraction of sp³-hybridized carbons (Fsp3) is 0.562. The molecule has 1 aromatic carbocycles. The Morgan fingerprint density at radius 1 is 1.18 bits per heavy atom. The molecule has 1 aromatic rings. The van der Waals surface area contributed by atoms with E-state index in [0.29, 0.717) is 23.9 Å². The Morgan fingerprint density at radius 2 is 1.86 bits per heavy atom. The van der Waals surface area contributed by atoms with Crippen LogP contribution in [0, 0.1) is 11.8 Å². The first-order valence-corrected chi connectivity index (χ1v) is 7.54. The quantitative estimate of drug-likeness (QED) is 0.912. The van der Waals surface area contributed by atoms with Crippen LogP contribution in [0.2, 0.25) is 0 Å². The molecule has 0 radical (unpaired) electrons. The third-order valence-corrected chi connectivity index (χ3v) is 4.90. The van der Waals surface area contributed by atoms with Gasteiger partial charge in [-0.25, -0.2) is 0 Å². The molecule has 120 valence electrons. The highest BCUT2D eigenvalue weighted by molar-refractivity contribution is 5.79. The van der Waals surface area contributed by atoms with Crippen LogP contribution in [-0.4, -0.2) is 29.9 Å². The molecule has 0 aromatic heterocycles. The van der Waals surface area contributed by atoms with Crippen molar-refractivity contribution in [1.82, 2.24) is 4.90 Å². The number of carbonyl (C=O) groups excluding carboxylic acids is 1. The number of hydrogen-bond acceptors (Lipinski definition) is 2. The second-order valence-corrected chi connectivity index (χ2v) is 6.34. The highest BCUT2D eigenvalue weighted by Crippen LogP contribution is 2.37. The summed E-state index contributed by atoms with van der Waals surface area (Å²) in [6, 6.07) is 4.98. The summed E-state index contributed by atoms with van der Waals surface area (Å²) < 4.78 is 37.5. The van der Waals surface area contributed by atoms with Gasteiger partial charge in [-0.15, -0.1) is 0 Å². The molecule has 3 nitrogen and oxygen atoms in total. The van der Waals surface area contributed by atoms with Crippen molar-refractivity contribution in [2.45, 2.75) is 31.5 Å². The molecule has 22 heavy (non-hydrogen) atoms. The van der Waals surface area contributed by atoms with Gasteiger partial charge >= 0.3 is 6.18 Å². The number of halogens is 3. The van der Waals surface area contributed by atoms with Gasteiger partial charge in [-0.1, -0.05) is 12.1 Å². The van der Waals surface area contributed by atoms with Gasteiger partial charge in [0.2, 0.25) is 5.91 Å². The second kappa shape index (κ2) is 5.57. The van der Waals surface area contributed by atoms with Gasteiger partial charge < -0.3 is 10.6 Å². The zero-order chi connectivity index (χ0) is 15.9. The van der Waals surface area contributed by atoms with Gasteiger partial charge in [0, 0.05) is 19.1 Å². The van der Waals surface area contributed by atoms with Crippen LogP contribution in [0.1, 0.15) is 24.0 Å². The first-order valence-electron chi connectivity index (χ1n) is 7.54. The first kappa shape index (κ1) is 15.3. The molecule has 0 bridgehead atoms. The molecule has 3 unspecified atom stereocenters. The average Bonchev–Trinajstić information content (AvgIpc) is 3.01. The zero-order valence-electron chi connectivity index (χ0n) is 12.1. The van der Waals surface area contributed by atoms with Gasteiger partial charge in [-0.05, 0) is 42.4 Å². The molecular formula is C16H19F3N2O. The van der Waals surface area contributed by atoms with Crippen LogP contribution >= 0.6 is 0 Å². The molecule has 2 N–H and O–H groups in total. The Labute approximate surface area is 127 Å². The molecule has 1 saturated heterocycles. The minimum Gasteiger partial charge on any atom is -0.342 e. The van der Waals surface area contributed by atoms with Crippen molar-refractivity contribution in [2.24, 2.45) is 17.6 Å². The molecule has 1 aliphatic carbocycles. The number of amides is 1. The molecule has 2 fully saturated rings. The van der Waals surface area contributed by atoms with Gasteiger partial charge in [0.15, 0.2) is 0 Å². The zero-order valence-corrected chi connectivity index (χ0v) is 12.1. The molecule has 0 spiro atoms. The van der Waals surface area contributed by atoms with Gasteiger partial charge in [0.25, 0.3) is 0 Å². The van der Waals surface area contributed by atoms with E-state index in [9.17, 15) is 18.0 Å². The monoisotopic (exact) mass is 312 g/mol. The summed E-state index contributed by atoms with van der Waals surface area (Å²) in [5.74, 6) is 0.851. The van der Waals surface area contributed by atoms with Crippen molar-refractivity contribution in [1.29, 1.82) is 0 Å². The number of alkyl halides is 3. The van der Waals surface area contributed by atoms with Crippen LogP contribution in [0.25, 0.3) is 0 Å². The number of nitrogens with two attached hydrogens (primary N) is 1. The van der Waals surface area contributed by atoms with Crippen molar-refractivity contribution < 1.29 is 18.0 Å². The van der Waals surface area contributed by atoms with Crippen molar-refractivity contribution >= 4 is 5.91 Å². The number of carbonyl (C=O) groups is 1. The Bertz CT molecular complexity index is 556. The lowest BCUT2D eigenvalue weighted by atomic mass is 9.98.